The third kappa shape index (κ3) is 3.66. The fourth-order valence-corrected chi connectivity index (χ4v) is 17.0. The summed E-state index contributed by atoms with van der Waals surface area (Å²) in [5.74, 6) is 0. The third-order valence-corrected chi connectivity index (χ3v) is 14.2. The molecule has 0 unspecified atom stereocenters. The highest BCUT2D eigenvalue weighted by Crippen LogP contribution is 2.36. The Balaban J connectivity index is 2.33. The summed E-state index contributed by atoms with van der Waals surface area (Å²) >= 11 is 0. The molecule has 0 aliphatic carbocycles. The van der Waals surface area contributed by atoms with Crippen LogP contribution in [0.4, 0.5) is 0 Å². The van der Waals surface area contributed by atoms with E-state index < -0.39 is 16.5 Å². The van der Waals surface area contributed by atoms with Crippen molar-refractivity contribution in [3.05, 3.63) is 0 Å². The molecule has 1 aliphatic rings. The van der Waals surface area contributed by atoms with Gasteiger partial charge >= 0.3 is 0 Å². The SMILES string of the molecule is C[Si]1(C)CC[Si](C)(C)N1CCCOCC[O-]. The number of ether oxygens (including phenoxy) is 1. The van der Waals surface area contributed by atoms with E-state index >= 15 is 0 Å². The van der Waals surface area contributed by atoms with Crippen LogP contribution >= 0.6 is 0 Å². The number of rotatable bonds is 6. The zero-order chi connectivity index (χ0) is 12.2. The van der Waals surface area contributed by atoms with E-state index in [1.54, 1.807) is 0 Å². The third-order valence-electron chi connectivity index (χ3n) is 3.71. The zero-order valence-electron chi connectivity index (χ0n) is 11.2. The summed E-state index contributed by atoms with van der Waals surface area (Å²) in [5.41, 5.74) is 0. The van der Waals surface area contributed by atoms with E-state index in [1.165, 1.54) is 18.6 Å². The summed E-state index contributed by atoms with van der Waals surface area (Å²) in [6, 6.07) is 2.93. The van der Waals surface area contributed by atoms with Crippen molar-refractivity contribution in [1.82, 2.24) is 4.23 Å². The lowest BCUT2D eigenvalue weighted by Crippen LogP contribution is -2.55. The van der Waals surface area contributed by atoms with Gasteiger partial charge in [-0.3, -0.25) is 0 Å². The Kier molecular flexibility index (Phi) is 5.19. The highest BCUT2D eigenvalue weighted by molar-refractivity contribution is 6.95. The van der Waals surface area contributed by atoms with Gasteiger partial charge < -0.3 is 14.1 Å². The molecule has 16 heavy (non-hydrogen) atoms. The highest BCUT2D eigenvalue weighted by Gasteiger charge is 2.46. The molecule has 1 saturated heterocycles. The van der Waals surface area contributed by atoms with Gasteiger partial charge in [-0.25, -0.2) is 0 Å². The maximum Gasteiger partial charge on any atom is 0.115 e. The smallest absolute Gasteiger partial charge is 0.115 e. The van der Waals surface area contributed by atoms with Crippen molar-refractivity contribution in [2.24, 2.45) is 0 Å². The molecule has 0 bridgehead atoms. The number of hydrogen-bond donors (Lipinski definition) is 0. The molecule has 96 valence electrons. The molecule has 0 saturated carbocycles. The summed E-state index contributed by atoms with van der Waals surface area (Å²) in [6.07, 6.45) is 1.09. The second kappa shape index (κ2) is 5.77. The monoisotopic (exact) mass is 260 g/mol. The minimum atomic E-state index is -1.10. The van der Waals surface area contributed by atoms with Crippen molar-refractivity contribution in [3.63, 3.8) is 0 Å². The first-order valence-electron chi connectivity index (χ1n) is 6.34. The molecule has 0 aromatic carbocycles. The predicted molar refractivity (Wildman–Crippen MR) is 71.6 cm³/mol. The van der Waals surface area contributed by atoms with Crippen LogP contribution < -0.4 is 5.11 Å². The van der Waals surface area contributed by atoms with Gasteiger partial charge in [-0.15, -0.1) is 6.61 Å². The Labute approximate surface area is 102 Å². The fraction of sp³-hybridized carbons (Fsp3) is 1.00. The van der Waals surface area contributed by atoms with Crippen LogP contribution in [0.2, 0.25) is 38.3 Å². The van der Waals surface area contributed by atoms with Gasteiger partial charge in [-0.05, 0) is 25.1 Å². The minimum absolute atomic E-state index is 0.107. The van der Waals surface area contributed by atoms with Crippen molar-refractivity contribution < 1.29 is 9.84 Å². The molecule has 0 aromatic heterocycles. The van der Waals surface area contributed by atoms with Gasteiger partial charge in [0.1, 0.15) is 16.5 Å². The molecule has 1 rings (SSSR count). The molecule has 1 aliphatic heterocycles. The minimum Gasteiger partial charge on any atom is -0.853 e. The Bertz CT molecular complexity index is 206. The van der Waals surface area contributed by atoms with Crippen LogP contribution in [-0.2, 0) is 4.74 Å². The van der Waals surface area contributed by atoms with Gasteiger partial charge in [-0.1, -0.05) is 26.2 Å². The molecular formula is C11H26NO2Si2-. The second-order valence-electron chi connectivity index (χ2n) is 5.95. The first kappa shape index (κ1) is 14.4. The van der Waals surface area contributed by atoms with Crippen LogP contribution in [0.3, 0.4) is 0 Å². The lowest BCUT2D eigenvalue weighted by atomic mass is 10.5. The molecular weight excluding hydrogens is 234 g/mol. The first-order chi connectivity index (χ1) is 7.40. The molecule has 0 N–H and O–H groups in total. The normalized spacial score (nSPS) is 23.8. The fourth-order valence-electron chi connectivity index (χ4n) is 2.79. The van der Waals surface area contributed by atoms with Crippen LogP contribution in [0.15, 0.2) is 0 Å². The summed E-state index contributed by atoms with van der Waals surface area (Å²) in [5, 5.41) is 10.2. The van der Waals surface area contributed by atoms with E-state index in [0.717, 1.165) is 13.0 Å². The highest BCUT2D eigenvalue weighted by atomic mass is 28.4. The van der Waals surface area contributed by atoms with Gasteiger partial charge in [0.15, 0.2) is 0 Å². The van der Waals surface area contributed by atoms with Gasteiger partial charge in [0.05, 0.1) is 0 Å². The molecule has 1 heterocycles. The van der Waals surface area contributed by atoms with Crippen LogP contribution in [0.5, 0.6) is 0 Å². The Morgan fingerprint density at radius 3 is 2.12 bits per heavy atom. The summed E-state index contributed by atoms with van der Waals surface area (Å²) < 4.78 is 8.13. The van der Waals surface area contributed by atoms with Crippen LogP contribution in [0, 0.1) is 0 Å². The average Bonchev–Trinajstić information content (AvgIpc) is 2.39. The maximum atomic E-state index is 10.2. The zero-order valence-corrected chi connectivity index (χ0v) is 13.2. The van der Waals surface area contributed by atoms with E-state index in [9.17, 15) is 5.11 Å². The van der Waals surface area contributed by atoms with Crippen molar-refractivity contribution in [1.29, 1.82) is 0 Å². The summed E-state index contributed by atoms with van der Waals surface area (Å²) in [7, 11) is -2.19. The maximum absolute atomic E-state index is 10.2. The van der Waals surface area contributed by atoms with E-state index in [2.05, 4.69) is 30.4 Å². The number of nitrogens with zero attached hydrogens (tertiary/aromatic N) is 1. The molecule has 0 amide bonds. The predicted octanol–water partition coefficient (Wildman–Crippen LogP) is 1.48. The van der Waals surface area contributed by atoms with Crippen LogP contribution in [0.25, 0.3) is 0 Å². The van der Waals surface area contributed by atoms with Crippen molar-refractivity contribution >= 4 is 16.5 Å². The molecule has 0 radical (unpaired) electrons. The Morgan fingerprint density at radius 1 is 1.06 bits per heavy atom. The average molecular weight is 261 g/mol. The Hall–Kier alpha value is 0.314. The van der Waals surface area contributed by atoms with Crippen LogP contribution in [-0.4, -0.2) is 47.1 Å². The topological polar surface area (TPSA) is 35.5 Å². The van der Waals surface area contributed by atoms with Crippen molar-refractivity contribution in [3.8, 4) is 0 Å². The number of hydrogen-bond acceptors (Lipinski definition) is 3. The lowest BCUT2D eigenvalue weighted by molar-refractivity contribution is -0.374. The molecule has 3 nitrogen and oxygen atoms in total. The first-order valence-corrected chi connectivity index (χ1v) is 12.6. The largest absolute Gasteiger partial charge is 0.853 e. The van der Waals surface area contributed by atoms with Gasteiger partial charge in [-0.2, -0.15) is 0 Å². The molecule has 0 atom stereocenters. The lowest BCUT2D eigenvalue weighted by Gasteiger charge is -2.38. The van der Waals surface area contributed by atoms with E-state index in [-0.39, 0.29) is 6.61 Å². The van der Waals surface area contributed by atoms with Crippen molar-refractivity contribution in [2.45, 2.75) is 44.7 Å². The second-order valence-corrected chi connectivity index (χ2v) is 15.7. The molecule has 0 spiro atoms. The van der Waals surface area contributed by atoms with Gasteiger partial charge in [0.2, 0.25) is 0 Å². The van der Waals surface area contributed by atoms with E-state index in [0.29, 0.717) is 6.61 Å². The molecule has 0 aromatic rings. The Morgan fingerprint density at radius 2 is 1.62 bits per heavy atom. The van der Waals surface area contributed by atoms with E-state index in [1.807, 2.05) is 0 Å². The standard InChI is InChI=1S/C11H26NO2Si2/c1-15(2)10-11-16(3,4)12(15)6-5-8-14-9-7-13/h5-11H2,1-4H3/q-1. The van der Waals surface area contributed by atoms with Crippen molar-refractivity contribution in [2.75, 3.05) is 26.4 Å². The molecule has 1 fully saturated rings. The van der Waals surface area contributed by atoms with Crippen LogP contribution in [0.1, 0.15) is 6.42 Å². The quantitative estimate of drug-likeness (QED) is 0.536. The summed E-state index contributed by atoms with van der Waals surface area (Å²) in [6.45, 7) is 12.2. The molecule has 5 heteroatoms. The van der Waals surface area contributed by atoms with E-state index in [4.69, 9.17) is 4.74 Å². The summed E-state index contributed by atoms with van der Waals surface area (Å²) in [4.78, 5) is 0. The van der Waals surface area contributed by atoms with Gasteiger partial charge in [0.25, 0.3) is 0 Å². The van der Waals surface area contributed by atoms with Gasteiger partial charge in [0, 0.05) is 13.2 Å².